The third kappa shape index (κ3) is 5.99. The van der Waals surface area contributed by atoms with Crippen LogP contribution in [-0.2, 0) is 4.79 Å². The molecule has 1 saturated heterocycles. The molecular formula is C20H30ClN3O2. The van der Waals surface area contributed by atoms with Crippen molar-refractivity contribution < 1.29 is 9.59 Å². The molecule has 1 fully saturated rings. The van der Waals surface area contributed by atoms with E-state index in [1.54, 1.807) is 24.3 Å². The predicted octanol–water partition coefficient (Wildman–Crippen LogP) is 3.04. The van der Waals surface area contributed by atoms with Crippen molar-refractivity contribution in [2.75, 3.05) is 32.7 Å². The van der Waals surface area contributed by atoms with Crippen molar-refractivity contribution in [1.29, 1.82) is 0 Å². The second-order valence-corrected chi connectivity index (χ2v) is 7.77. The maximum atomic E-state index is 13.0. The molecule has 144 valence electrons. The standard InChI is InChI=1S/C20H30ClN3O2/c1-4-9-23-10-12-24(13-11-23)20(26)18(14-15(2)3)22-19(25)16-5-7-17(21)8-6-16/h5-8,15,18H,4,9-14H2,1-3H3,(H,22,25)/t18-/m0/s1. The van der Waals surface area contributed by atoms with E-state index in [1.807, 2.05) is 4.90 Å². The van der Waals surface area contributed by atoms with Crippen molar-refractivity contribution in [2.24, 2.45) is 5.92 Å². The lowest BCUT2D eigenvalue weighted by atomic mass is 10.0. The molecule has 6 heteroatoms. The van der Waals surface area contributed by atoms with Gasteiger partial charge in [-0.2, -0.15) is 0 Å². The summed E-state index contributed by atoms with van der Waals surface area (Å²) in [4.78, 5) is 29.8. The van der Waals surface area contributed by atoms with Gasteiger partial charge in [-0.15, -0.1) is 0 Å². The number of benzene rings is 1. The average Bonchev–Trinajstić information content (AvgIpc) is 2.61. The molecule has 0 bridgehead atoms. The molecule has 1 atom stereocenters. The highest BCUT2D eigenvalue weighted by molar-refractivity contribution is 6.30. The summed E-state index contributed by atoms with van der Waals surface area (Å²) >= 11 is 5.88. The van der Waals surface area contributed by atoms with Gasteiger partial charge < -0.3 is 10.2 Å². The van der Waals surface area contributed by atoms with E-state index in [0.29, 0.717) is 22.9 Å². The van der Waals surface area contributed by atoms with E-state index in [1.165, 1.54) is 0 Å². The lowest BCUT2D eigenvalue weighted by Gasteiger charge is -2.36. The Labute approximate surface area is 161 Å². The van der Waals surface area contributed by atoms with Gasteiger partial charge in [0.1, 0.15) is 6.04 Å². The van der Waals surface area contributed by atoms with Crippen LogP contribution in [0.25, 0.3) is 0 Å². The van der Waals surface area contributed by atoms with Gasteiger partial charge in [-0.25, -0.2) is 0 Å². The Morgan fingerprint density at radius 3 is 2.27 bits per heavy atom. The minimum atomic E-state index is -0.490. The van der Waals surface area contributed by atoms with Gasteiger partial charge in [0.2, 0.25) is 5.91 Å². The van der Waals surface area contributed by atoms with Gasteiger partial charge in [-0.3, -0.25) is 14.5 Å². The molecule has 0 spiro atoms. The van der Waals surface area contributed by atoms with Crippen LogP contribution in [0.5, 0.6) is 0 Å². The minimum Gasteiger partial charge on any atom is -0.340 e. The van der Waals surface area contributed by atoms with Crippen molar-refractivity contribution in [1.82, 2.24) is 15.1 Å². The Bertz CT molecular complexity index is 596. The Kier molecular flexibility index (Phi) is 7.91. The quantitative estimate of drug-likeness (QED) is 0.792. The monoisotopic (exact) mass is 379 g/mol. The second-order valence-electron chi connectivity index (χ2n) is 7.33. The fraction of sp³-hybridized carbons (Fsp3) is 0.600. The molecule has 5 nitrogen and oxygen atoms in total. The molecule has 2 rings (SSSR count). The van der Waals surface area contributed by atoms with E-state index in [0.717, 1.165) is 39.1 Å². The van der Waals surface area contributed by atoms with Crippen LogP contribution >= 0.6 is 11.6 Å². The van der Waals surface area contributed by atoms with E-state index in [4.69, 9.17) is 11.6 Å². The SMILES string of the molecule is CCCN1CCN(C(=O)[C@H](CC(C)C)NC(=O)c2ccc(Cl)cc2)CC1. The summed E-state index contributed by atoms with van der Waals surface area (Å²) in [5.41, 5.74) is 0.517. The lowest BCUT2D eigenvalue weighted by Crippen LogP contribution is -2.55. The molecule has 0 aliphatic carbocycles. The number of carbonyl (C=O) groups excluding carboxylic acids is 2. The average molecular weight is 380 g/mol. The third-order valence-corrected chi connectivity index (χ3v) is 4.89. The summed E-state index contributed by atoms with van der Waals surface area (Å²) in [6.07, 6.45) is 1.76. The number of hydrogen-bond donors (Lipinski definition) is 1. The summed E-state index contributed by atoms with van der Waals surface area (Å²) in [5, 5.41) is 3.52. The second kappa shape index (κ2) is 9.93. The van der Waals surface area contributed by atoms with Crippen LogP contribution in [0.15, 0.2) is 24.3 Å². The van der Waals surface area contributed by atoms with Crippen LogP contribution in [-0.4, -0.2) is 60.4 Å². The minimum absolute atomic E-state index is 0.0251. The van der Waals surface area contributed by atoms with Crippen LogP contribution in [0.3, 0.4) is 0 Å². The smallest absolute Gasteiger partial charge is 0.251 e. The normalized spacial score (nSPS) is 16.6. The van der Waals surface area contributed by atoms with E-state index in [-0.39, 0.29) is 11.8 Å². The number of piperazine rings is 1. The highest BCUT2D eigenvalue weighted by atomic mass is 35.5. The van der Waals surface area contributed by atoms with E-state index < -0.39 is 6.04 Å². The summed E-state index contributed by atoms with van der Waals surface area (Å²) in [6.45, 7) is 10.6. The van der Waals surface area contributed by atoms with Gasteiger partial charge in [0.05, 0.1) is 0 Å². The molecule has 2 amide bonds. The molecule has 1 aromatic carbocycles. The van der Waals surface area contributed by atoms with Crippen molar-refractivity contribution in [3.63, 3.8) is 0 Å². The Hall–Kier alpha value is -1.59. The molecule has 0 radical (unpaired) electrons. The number of hydrogen-bond acceptors (Lipinski definition) is 3. The fourth-order valence-corrected chi connectivity index (χ4v) is 3.39. The Morgan fingerprint density at radius 1 is 1.12 bits per heavy atom. The van der Waals surface area contributed by atoms with Crippen LogP contribution in [0.2, 0.25) is 5.02 Å². The van der Waals surface area contributed by atoms with Gasteiger partial charge in [0.15, 0.2) is 0 Å². The molecule has 0 saturated carbocycles. The van der Waals surface area contributed by atoms with Crippen LogP contribution in [0, 0.1) is 5.92 Å². The first-order valence-corrected chi connectivity index (χ1v) is 9.86. The molecular weight excluding hydrogens is 350 g/mol. The first kappa shape index (κ1) is 20.7. The number of carbonyl (C=O) groups is 2. The number of nitrogens with one attached hydrogen (secondary N) is 1. The number of amides is 2. The van der Waals surface area contributed by atoms with E-state index in [2.05, 4.69) is 31.0 Å². The summed E-state index contributed by atoms with van der Waals surface area (Å²) in [7, 11) is 0. The maximum absolute atomic E-state index is 13.0. The zero-order chi connectivity index (χ0) is 19.1. The Balaban J connectivity index is 2.00. The van der Waals surface area contributed by atoms with Gasteiger partial charge in [-0.1, -0.05) is 32.4 Å². The summed E-state index contributed by atoms with van der Waals surface area (Å²) < 4.78 is 0. The molecule has 1 N–H and O–H groups in total. The molecule has 1 aliphatic rings. The van der Waals surface area contributed by atoms with Crippen molar-refractivity contribution in [2.45, 2.75) is 39.7 Å². The van der Waals surface area contributed by atoms with Crippen LogP contribution in [0.4, 0.5) is 0 Å². The first-order chi connectivity index (χ1) is 12.4. The molecule has 0 unspecified atom stereocenters. The van der Waals surface area contributed by atoms with Gasteiger partial charge in [0, 0.05) is 36.8 Å². The molecule has 0 aromatic heterocycles. The summed E-state index contributed by atoms with van der Waals surface area (Å²) in [5.74, 6) is 0.110. The molecule has 1 aliphatic heterocycles. The lowest BCUT2D eigenvalue weighted by molar-refractivity contribution is -0.135. The van der Waals surface area contributed by atoms with E-state index >= 15 is 0 Å². The Morgan fingerprint density at radius 2 is 1.73 bits per heavy atom. The third-order valence-electron chi connectivity index (χ3n) is 4.64. The molecule has 26 heavy (non-hydrogen) atoms. The van der Waals surface area contributed by atoms with Crippen molar-refractivity contribution in [3.05, 3.63) is 34.9 Å². The van der Waals surface area contributed by atoms with Crippen LogP contribution < -0.4 is 5.32 Å². The predicted molar refractivity (Wildman–Crippen MR) is 105 cm³/mol. The van der Waals surface area contributed by atoms with Gasteiger partial charge in [0.25, 0.3) is 5.91 Å². The number of halogens is 1. The molecule has 1 aromatic rings. The first-order valence-electron chi connectivity index (χ1n) is 9.48. The fourth-order valence-electron chi connectivity index (χ4n) is 3.26. The highest BCUT2D eigenvalue weighted by Gasteiger charge is 2.29. The number of rotatable bonds is 7. The van der Waals surface area contributed by atoms with E-state index in [9.17, 15) is 9.59 Å². The highest BCUT2D eigenvalue weighted by Crippen LogP contribution is 2.13. The topological polar surface area (TPSA) is 52.6 Å². The largest absolute Gasteiger partial charge is 0.340 e. The zero-order valence-corrected chi connectivity index (χ0v) is 16.8. The molecule has 1 heterocycles. The van der Waals surface area contributed by atoms with Crippen LogP contribution in [0.1, 0.15) is 44.0 Å². The van der Waals surface area contributed by atoms with Crippen molar-refractivity contribution in [3.8, 4) is 0 Å². The van der Waals surface area contributed by atoms with Gasteiger partial charge >= 0.3 is 0 Å². The van der Waals surface area contributed by atoms with Crippen molar-refractivity contribution >= 4 is 23.4 Å². The number of nitrogens with zero attached hydrogens (tertiary/aromatic N) is 2. The zero-order valence-electron chi connectivity index (χ0n) is 16.0. The maximum Gasteiger partial charge on any atom is 0.251 e. The summed E-state index contributed by atoms with van der Waals surface area (Å²) in [6, 6.07) is 6.23. The van der Waals surface area contributed by atoms with Gasteiger partial charge in [-0.05, 0) is 49.6 Å².